The van der Waals surface area contributed by atoms with E-state index in [4.69, 9.17) is 5.73 Å². The SMILES string of the molecule is Nc1ccc2nc([NH][RaH])ccc2c1. The molecule has 13 heavy (non-hydrogen) atoms. The van der Waals surface area contributed by atoms with Crippen molar-refractivity contribution in [2.75, 3.05) is 6.58 Å². The minimum absolute atomic E-state index is 0.300. The maximum atomic E-state index is 5.66. The molecule has 0 aliphatic heterocycles. The number of aromatic nitrogens is 1. The van der Waals surface area contributed by atoms with E-state index in [1.54, 1.807) is 0 Å². The molecule has 0 aliphatic carbocycles. The number of nitrogens with zero attached hydrogens (tertiary/aromatic N) is 1. The maximum absolute atomic E-state index is 5.66. The first-order chi connectivity index (χ1) is 6.29. The zero-order valence-electron chi connectivity index (χ0n) is 7.41. The second kappa shape index (κ2) is 3.83. The van der Waals surface area contributed by atoms with Gasteiger partial charge in [-0.15, -0.1) is 0 Å². The van der Waals surface area contributed by atoms with E-state index in [1.165, 1.54) is 0 Å². The summed E-state index contributed by atoms with van der Waals surface area (Å²) >= 11 is 0.300. The van der Waals surface area contributed by atoms with Crippen molar-refractivity contribution in [1.29, 1.82) is 0 Å². The fraction of sp³-hybridized carbons (Fsp3) is 0. The average Bonchev–Trinajstić information content (AvgIpc) is 2.17. The number of nitrogen functional groups attached to an aromatic ring is 1. The van der Waals surface area contributed by atoms with Crippen LogP contribution < -0.4 is 6.58 Å². The van der Waals surface area contributed by atoms with Gasteiger partial charge in [-0.3, -0.25) is 0 Å². The summed E-state index contributed by atoms with van der Waals surface area (Å²) in [5.74, 6) is 0.975. The van der Waals surface area contributed by atoms with E-state index >= 15 is 0 Å². The normalized spacial score (nSPS) is 10.1. The Bertz CT molecular complexity index is 442. The second-order valence-corrected chi connectivity index (χ2v) is 4.95. The Labute approximate surface area is 106 Å². The summed E-state index contributed by atoms with van der Waals surface area (Å²) in [6, 6.07) is 9.79. The van der Waals surface area contributed by atoms with Gasteiger partial charge in [-0.1, -0.05) is 0 Å². The summed E-state index contributed by atoms with van der Waals surface area (Å²) in [5.41, 5.74) is 7.44. The van der Waals surface area contributed by atoms with Crippen LogP contribution in [0.4, 0.5) is 11.5 Å². The van der Waals surface area contributed by atoms with Crippen molar-refractivity contribution in [1.82, 2.24) is 4.98 Å². The summed E-state index contributed by atoms with van der Waals surface area (Å²) in [5, 5.41) is 1.09. The summed E-state index contributed by atoms with van der Waals surface area (Å²) in [4.78, 5) is 4.43. The standard InChI is InChI=1S/C9H8N3.Ra.H/c10-7-2-3-8-6(5-7)1-4-9(11)12-8;;/h1-5H,10H2,(H-,11,12);;/q-1;+1;. The zero-order chi connectivity index (χ0) is 9.26. The van der Waals surface area contributed by atoms with Crippen LogP contribution in [0.15, 0.2) is 30.3 Å². The Morgan fingerprint density at radius 3 is 2.85 bits per heavy atom. The topological polar surface area (TPSA) is 50.9 Å². The van der Waals surface area contributed by atoms with E-state index < -0.39 is 0 Å². The Kier molecular flexibility index (Phi) is 2.73. The van der Waals surface area contributed by atoms with Gasteiger partial charge >= 0.3 is 108 Å². The van der Waals surface area contributed by atoms with Crippen LogP contribution in [0.2, 0.25) is 0 Å². The molecule has 2 aromatic rings. The number of nitrogens with two attached hydrogens (primary N) is 1. The number of fused-ring (bicyclic) bond motifs is 1. The zero-order valence-corrected chi connectivity index (χ0v) is 15.6. The number of pyridine rings is 1. The van der Waals surface area contributed by atoms with Crippen molar-refractivity contribution in [3.63, 3.8) is 0 Å². The van der Waals surface area contributed by atoms with Crippen LogP contribution in [0.5, 0.6) is 0 Å². The van der Waals surface area contributed by atoms with Crippen molar-refractivity contribution in [3.8, 4) is 0 Å². The third-order valence-electron chi connectivity index (χ3n) is 1.97. The summed E-state index contributed by atoms with van der Waals surface area (Å²) < 4.78 is 3.22. The van der Waals surface area contributed by atoms with Crippen LogP contribution in [-0.2, 0) is 0 Å². The number of anilines is 2. The van der Waals surface area contributed by atoms with Crippen LogP contribution in [-0.4, -0.2) is 4.98 Å². The molecule has 62 valence electrons. The molecule has 0 saturated heterocycles. The first-order valence-electron chi connectivity index (χ1n) is 4.13. The first-order valence-corrected chi connectivity index (χ1v) is 8.24. The summed E-state index contributed by atoms with van der Waals surface area (Å²) in [7, 11) is 0. The van der Waals surface area contributed by atoms with Crippen LogP contribution in [0.3, 0.4) is 0 Å². The number of hydrogen-bond donors (Lipinski definition) is 2. The Balaban J connectivity index is 2.66. The van der Waals surface area contributed by atoms with Gasteiger partial charge in [0.25, 0.3) is 0 Å². The van der Waals surface area contributed by atoms with Crippen molar-refractivity contribution in [2.24, 2.45) is 0 Å². The van der Waals surface area contributed by atoms with Gasteiger partial charge in [0, 0.05) is 0 Å². The number of nitrogens with one attached hydrogen (secondary N) is 1. The molecule has 0 bridgehead atoms. The molecule has 1 heterocycles. The molecular weight excluding hydrogens is 376 g/mol. The van der Waals surface area contributed by atoms with Crippen LogP contribution in [0.1, 0.15) is 0 Å². The fourth-order valence-corrected chi connectivity index (χ4v) is 2.43. The minimum atomic E-state index is 0.300. The van der Waals surface area contributed by atoms with E-state index in [2.05, 4.69) is 5.83 Å². The molecular formula is C9H9N3Ra. The molecule has 4 heteroatoms. The Morgan fingerprint density at radius 2 is 2.08 bits per heavy atom. The number of hydrogen-bond acceptors (Lipinski definition) is 3. The molecule has 1 aromatic carbocycles. The van der Waals surface area contributed by atoms with Gasteiger partial charge in [0.05, 0.1) is 0 Å². The average molecular weight is 385 g/mol. The van der Waals surface area contributed by atoms with Crippen LogP contribution >= 0.6 is 0 Å². The molecule has 0 unspecified atom stereocenters. The quantitative estimate of drug-likeness (QED) is 0.731. The molecule has 2 rings (SSSR count). The van der Waals surface area contributed by atoms with E-state index in [0.29, 0.717) is 43.2 Å². The molecule has 0 fully saturated rings. The summed E-state index contributed by atoms with van der Waals surface area (Å²) in [6.07, 6.45) is 0. The van der Waals surface area contributed by atoms with Crippen molar-refractivity contribution in [2.45, 2.75) is 0 Å². The molecule has 0 aliphatic rings. The Hall–Kier alpha value is -0.302. The van der Waals surface area contributed by atoms with Crippen molar-refractivity contribution in [3.05, 3.63) is 30.3 Å². The molecule has 0 amide bonds. The van der Waals surface area contributed by atoms with Gasteiger partial charge < -0.3 is 0 Å². The van der Waals surface area contributed by atoms with Crippen LogP contribution in [0.25, 0.3) is 10.9 Å². The van der Waals surface area contributed by atoms with Crippen LogP contribution in [0, 0.1) is 43.2 Å². The Morgan fingerprint density at radius 1 is 1.23 bits per heavy atom. The number of rotatable bonds is 1. The van der Waals surface area contributed by atoms with Crippen molar-refractivity contribution < 1.29 is 43.2 Å². The molecule has 0 saturated carbocycles. The fourth-order valence-electron chi connectivity index (χ4n) is 1.28. The first kappa shape index (κ1) is 9.26. The van der Waals surface area contributed by atoms with Gasteiger partial charge in [0.15, 0.2) is 0 Å². The van der Waals surface area contributed by atoms with Crippen molar-refractivity contribution >= 4 is 22.4 Å². The summed E-state index contributed by atoms with van der Waals surface area (Å²) in [6.45, 7) is 0. The second-order valence-electron chi connectivity index (χ2n) is 2.90. The molecule has 0 radical (unpaired) electrons. The monoisotopic (exact) mass is 385 g/mol. The predicted octanol–water partition coefficient (Wildman–Crippen LogP) is 1.43. The molecule has 3 N–H and O–H groups in total. The van der Waals surface area contributed by atoms with E-state index in [1.807, 2.05) is 30.3 Å². The molecule has 0 spiro atoms. The van der Waals surface area contributed by atoms with E-state index in [9.17, 15) is 0 Å². The molecule has 1 aromatic heterocycles. The van der Waals surface area contributed by atoms with Gasteiger partial charge in [-0.05, 0) is 0 Å². The molecule has 3 nitrogen and oxygen atoms in total. The van der Waals surface area contributed by atoms with Gasteiger partial charge in [-0.2, -0.15) is 0 Å². The number of benzene rings is 1. The van der Waals surface area contributed by atoms with Gasteiger partial charge in [0.2, 0.25) is 0 Å². The van der Waals surface area contributed by atoms with Gasteiger partial charge in [-0.25, -0.2) is 0 Å². The predicted molar refractivity (Wildman–Crippen MR) is 51.2 cm³/mol. The van der Waals surface area contributed by atoms with E-state index in [-0.39, 0.29) is 0 Å². The molecule has 0 atom stereocenters. The van der Waals surface area contributed by atoms with Gasteiger partial charge in [0.1, 0.15) is 0 Å². The third kappa shape index (κ3) is 1.96. The third-order valence-corrected chi connectivity index (χ3v) is 4.07. The van der Waals surface area contributed by atoms with E-state index in [0.717, 1.165) is 22.4 Å².